The number of hydrogen-bond donors (Lipinski definition) is 3. The molecule has 0 bridgehead atoms. The fraction of sp³-hybridized carbons (Fsp3) is 0.429. The van der Waals surface area contributed by atoms with E-state index in [1.807, 2.05) is 6.92 Å². The number of aliphatic carboxylic acids is 1. The lowest BCUT2D eigenvalue weighted by Crippen LogP contribution is -2.36. The summed E-state index contributed by atoms with van der Waals surface area (Å²) >= 11 is 0. The molecular weight excluding hydrogens is 246 g/mol. The van der Waals surface area contributed by atoms with Crippen molar-refractivity contribution < 1.29 is 19.8 Å². The van der Waals surface area contributed by atoms with Crippen LogP contribution in [0.2, 0.25) is 0 Å². The number of rotatable bonds is 6. The van der Waals surface area contributed by atoms with E-state index >= 15 is 0 Å². The molecule has 0 radical (unpaired) electrons. The number of benzene rings is 1. The average Bonchev–Trinajstić information content (AvgIpc) is 2.27. The van der Waals surface area contributed by atoms with Gasteiger partial charge in [0, 0.05) is 11.6 Å². The summed E-state index contributed by atoms with van der Waals surface area (Å²) in [6.07, 6.45) is 1.33. The van der Waals surface area contributed by atoms with Gasteiger partial charge < -0.3 is 15.5 Å². The largest absolute Gasteiger partial charge is 0.508 e. The number of amides is 1. The van der Waals surface area contributed by atoms with E-state index in [9.17, 15) is 14.7 Å². The number of carboxylic acid groups (broad SMARTS) is 1. The maximum absolute atomic E-state index is 12.1. The molecule has 1 amide bonds. The summed E-state index contributed by atoms with van der Waals surface area (Å²) in [4.78, 5) is 22.8. The Bertz CT molecular complexity index is 471. The van der Waals surface area contributed by atoms with Crippen molar-refractivity contribution in [3.05, 3.63) is 29.3 Å². The van der Waals surface area contributed by atoms with Crippen molar-refractivity contribution in [2.45, 2.75) is 39.2 Å². The second-order valence-electron chi connectivity index (χ2n) is 4.56. The maximum atomic E-state index is 12.1. The van der Waals surface area contributed by atoms with Crippen LogP contribution in [0.5, 0.6) is 5.75 Å². The van der Waals surface area contributed by atoms with E-state index in [-0.39, 0.29) is 24.1 Å². The van der Waals surface area contributed by atoms with Crippen LogP contribution in [-0.4, -0.2) is 28.1 Å². The molecule has 0 fully saturated rings. The molecule has 1 aromatic rings. The van der Waals surface area contributed by atoms with Gasteiger partial charge in [-0.3, -0.25) is 9.59 Å². The summed E-state index contributed by atoms with van der Waals surface area (Å²) in [5, 5.41) is 20.8. The number of hydrogen-bond acceptors (Lipinski definition) is 3. The van der Waals surface area contributed by atoms with Crippen molar-refractivity contribution in [1.29, 1.82) is 0 Å². The molecule has 1 aromatic carbocycles. The molecule has 0 spiro atoms. The molecule has 1 rings (SSSR count). The van der Waals surface area contributed by atoms with Crippen LogP contribution >= 0.6 is 0 Å². The van der Waals surface area contributed by atoms with Crippen LogP contribution in [0.25, 0.3) is 0 Å². The van der Waals surface area contributed by atoms with Gasteiger partial charge in [0.15, 0.2) is 0 Å². The van der Waals surface area contributed by atoms with E-state index in [0.29, 0.717) is 17.5 Å². The highest BCUT2D eigenvalue weighted by molar-refractivity contribution is 5.96. The summed E-state index contributed by atoms with van der Waals surface area (Å²) in [6.45, 7) is 3.66. The molecule has 0 aliphatic heterocycles. The monoisotopic (exact) mass is 265 g/mol. The van der Waals surface area contributed by atoms with Gasteiger partial charge in [-0.1, -0.05) is 13.3 Å². The van der Waals surface area contributed by atoms with Gasteiger partial charge in [-0.15, -0.1) is 0 Å². The lowest BCUT2D eigenvalue weighted by atomic mass is 10.0. The van der Waals surface area contributed by atoms with Gasteiger partial charge >= 0.3 is 5.97 Å². The Labute approximate surface area is 112 Å². The topological polar surface area (TPSA) is 86.6 Å². The van der Waals surface area contributed by atoms with Crippen molar-refractivity contribution in [2.24, 2.45) is 0 Å². The maximum Gasteiger partial charge on any atom is 0.305 e. The summed E-state index contributed by atoms with van der Waals surface area (Å²) in [6, 6.07) is 4.10. The first kappa shape index (κ1) is 15.0. The predicted molar refractivity (Wildman–Crippen MR) is 71.3 cm³/mol. The van der Waals surface area contributed by atoms with E-state index < -0.39 is 5.97 Å². The van der Waals surface area contributed by atoms with Gasteiger partial charge in [0.25, 0.3) is 5.91 Å². The second-order valence-corrected chi connectivity index (χ2v) is 4.56. The minimum Gasteiger partial charge on any atom is -0.508 e. The molecule has 5 heteroatoms. The first-order valence-electron chi connectivity index (χ1n) is 6.26. The zero-order valence-electron chi connectivity index (χ0n) is 11.1. The minimum atomic E-state index is -0.929. The summed E-state index contributed by atoms with van der Waals surface area (Å²) in [5.74, 6) is -1.14. The van der Waals surface area contributed by atoms with E-state index in [1.165, 1.54) is 18.2 Å². The molecule has 19 heavy (non-hydrogen) atoms. The van der Waals surface area contributed by atoms with Crippen LogP contribution in [0.1, 0.15) is 42.1 Å². The lowest BCUT2D eigenvalue weighted by Gasteiger charge is -2.17. The van der Waals surface area contributed by atoms with E-state index in [2.05, 4.69) is 5.32 Å². The van der Waals surface area contributed by atoms with Crippen LogP contribution in [0, 0.1) is 6.92 Å². The first-order valence-corrected chi connectivity index (χ1v) is 6.26. The van der Waals surface area contributed by atoms with Crippen LogP contribution < -0.4 is 5.32 Å². The Balaban J connectivity index is 2.78. The molecule has 104 valence electrons. The predicted octanol–water partition coefficient (Wildman–Crippen LogP) is 2.07. The number of carbonyl (C=O) groups excluding carboxylic acids is 1. The number of aromatic hydroxyl groups is 1. The average molecular weight is 265 g/mol. The Morgan fingerprint density at radius 1 is 1.37 bits per heavy atom. The normalized spacial score (nSPS) is 11.9. The summed E-state index contributed by atoms with van der Waals surface area (Å²) in [7, 11) is 0. The number of nitrogens with one attached hydrogen (secondary N) is 1. The molecule has 0 saturated heterocycles. The van der Waals surface area contributed by atoms with Gasteiger partial charge in [-0.2, -0.15) is 0 Å². The van der Waals surface area contributed by atoms with Gasteiger partial charge in [0.05, 0.1) is 6.42 Å². The van der Waals surface area contributed by atoms with Crippen molar-refractivity contribution in [2.75, 3.05) is 0 Å². The smallest absolute Gasteiger partial charge is 0.305 e. The molecular formula is C14H19NO4. The molecule has 1 unspecified atom stereocenters. The minimum absolute atomic E-state index is 0.0866. The second kappa shape index (κ2) is 6.78. The number of carboxylic acids is 1. The van der Waals surface area contributed by atoms with Gasteiger partial charge in [-0.05, 0) is 37.1 Å². The van der Waals surface area contributed by atoms with E-state index in [0.717, 1.165) is 6.42 Å². The number of carbonyl (C=O) groups is 2. The molecule has 0 aromatic heterocycles. The van der Waals surface area contributed by atoms with Crippen molar-refractivity contribution in [3.63, 3.8) is 0 Å². The van der Waals surface area contributed by atoms with Gasteiger partial charge in [0.1, 0.15) is 5.75 Å². The fourth-order valence-electron chi connectivity index (χ4n) is 1.95. The zero-order valence-corrected chi connectivity index (χ0v) is 11.1. The van der Waals surface area contributed by atoms with Crippen molar-refractivity contribution in [3.8, 4) is 5.75 Å². The summed E-state index contributed by atoms with van der Waals surface area (Å²) in [5.41, 5.74) is 1.10. The Morgan fingerprint density at radius 2 is 2.05 bits per heavy atom. The Kier molecular flexibility index (Phi) is 5.36. The first-order chi connectivity index (χ1) is 8.93. The van der Waals surface area contributed by atoms with Crippen molar-refractivity contribution in [1.82, 2.24) is 5.32 Å². The highest BCUT2D eigenvalue weighted by Crippen LogP contribution is 2.16. The van der Waals surface area contributed by atoms with E-state index in [1.54, 1.807) is 6.92 Å². The Hall–Kier alpha value is -2.04. The molecule has 3 N–H and O–H groups in total. The summed E-state index contributed by atoms with van der Waals surface area (Å²) < 4.78 is 0. The van der Waals surface area contributed by atoms with Gasteiger partial charge in [-0.25, -0.2) is 0 Å². The number of phenolic OH excluding ortho intramolecular Hbond substituents is 1. The van der Waals surface area contributed by atoms with Crippen LogP contribution in [0.3, 0.4) is 0 Å². The molecule has 5 nitrogen and oxygen atoms in total. The quantitative estimate of drug-likeness (QED) is 0.735. The highest BCUT2D eigenvalue weighted by Gasteiger charge is 2.17. The highest BCUT2D eigenvalue weighted by atomic mass is 16.4. The van der Waals surface area contributed by atoms with Crippen molar-refractivity contribution >= 4 is 11.9 Å². The van der Waals surface area contributed by atoms with Crippen LogP contribution in [0.4, 0.5) is 0 Å². The Morgan fingerprint density at radius 3 is 2.58 bits per heavy atom. The molecule has 0 heterocycles. The molecule has 1 atom stereocenters. The molecule has 0 saturated carbocycles. The SMILES string of the molecule is CCCC(CC(=O)O)NC(=O)c1ccc(O)cc1C. The third-order valence-corrected chi connectivity index (χ3v) is 2.85. The molecule has 0 aliphatic carbocycles. The fourth-order valence-corrected chi connectivity index (χ4v) is 1.95. The number of aryl methyl sites for hydroxylation is 1. The third-order valence-electron chi connectivity index (χ3n) is 2.85. The van der Waals surface area contributed by atoms with Crippen LogP contribution in [0.15, 0.2) is 18.2 Å². The lowest BCUT2D eigenvalue weighted by molar-refractivity contribution is -0.137. The third kappa shape index (κ3) is 4.62. The zero-order chi connectivity index (χ0) is 14.4. The van der Waals surface area contributed by atoms with E-state index in [4.69, 9.17) is 5.11 Å². The van der Waals surface area contributed by atoms with Crippen LogP contribution in [-0.2, 0) is 4.79 Å². The van der Waals surface area contributed by atoms with Gasteiger partial charge in [0.2, 0.25) is 0 Å². The standard InChI is InChI=1S/C14H19NO4/c1-3-4-10(8-13(17)18)15-14(19)12-6-5-11(16)7-9(12)2/h5-7,10,16H,3-4,8H2,1-2H3,(H,15,19)(H,17,18). The molecule has 0 aliphatic rings. The number of phenols is 1.